The van der Waals surface area contributed by atoms with E-state index in [1.807, 2.05) is 4.90 Å². The van der Waals surface area contributed by atoms with Gasteiger partial charge < -0.3 is 29.0 Å². The number of aliphatic hydroxyl groups is 1. The number of carbonyl (C=O) groups excluding carboxylic acids is 2. The van der Waals surface area contributed by atoms with Gasteiger partial charge in [-0.1, -0.05) is 34.6 Å². The Labute approximate surface area is 276 Å². The molecule has 2 spiro atoms. The summed E-state index contributed by atoms with van der Waals surface area (Å²) in [5, 5.41) is 12.4. The van der Waals surface area contributed by atoms with Crippen LogP contribution < -0.4 is 0 Å². The van der Waals surface area contributed by atoms with E-state index in [1.165, 1.54) is 45.4 Å². The van der Waals surface area contributed by atoms with Crippen LogP contribution in [0.2, 0.25) is 0 Å². The fraction of sp³-hybridized carbons (Fsp3) is 0.947. The maximum Gasteiger partial charge on any atom is 0.302 e. The summed E-state index contributed by atoms with van der Waals surface area (Å²) in [5.41, 5.74) is 0.438. The van der Waals surface area contributed by atoms with Crippen molar-refractivity contribution in [3.05, 3.63) is 0 Å². The maximum absolute atomic E-state index is 12.9. The van der Waals surface area contributed by atoms with Gasteiger partial charge in [-0.3, -0.25) is 9.59 Å². The minimum Gasteiger partial charge on any atom is -0.463 e. The average molecular weight is 642 g/mol. The summed E-state index contributed by atoms with van der Waals surface area (Å²) in [6.07, 6.45) is 11.1. The van der Waals surface area contributed by atoms with Crippen molar-refractivity contribution < 1.29 is 33.6 Å². The zero-order chi connectivity index (χ0) is 32.4. The van der Waals surface area contributed by atoms with Gasteiger partial charge in [0.2, 0.25) is 5.91 Å². The van der Waals surface area contributed by atoms with Crippen LogP contribution in [0.4, 0.5) is 0 Å². The van der Waals surface area contributed by atoms with Gasteiger partial charge in [0, 0.05) is 25.3 Å². The minimum atomic E-state index is -0.511. The van der Waals surface area contributed by atoms with E-state index in [1.54, 1.807) is 0 Å². The molecule has 0 unspecified atom stereocenters. The molecule has 13 atom stereocenters. The topological polar surface area (TPSA) is 94.5 Å². The third-order valence-corrected chi connectivity index (χ3v) is 16.1. The van der Waals surface area contributed by atoms with Crippen LogP contribution in [-0.4, -0.2) is 78.9 Å². The Morgan fingerprint density at radius 2 is 1.72 bits per heavy atom. The molecule has 2 saturated heterocycles. The van der Waals surface area contributed by atoms with E-state index >= 15 is 0 Å². The fourth-order valence-corrected chi connectivity index (χ4v) is 13.8. The lowest BCUT2D eigenvalue weighted by molar-refractivity contribution is -0.248. The van der Waals surface area contributed by atoms with E-state index in [4.69, 9.17) is 18.9 Å². The summed E-state index contributed by atoms with van der Waals surface area (Å²) in [6.45, 7) is 15.7. The van der Waals surface area contributed by atoms with E-state index in [0.29, 0.717) is 61.1 Å². The number of hydrogen-bond acceptors (Lipinski definition) is 7. The smallest absolute Gasteiger partial charge is 0.302 e. The molecule has 0 aromatic carbocycles. The van der Waals surface area contributed by atoms with Crippen molar-refractivity contribution in [3.63, 3.8) is 0 Å². The zero-order valence-corrected chi connectivity index (χ0v) is 29.2. The molecule has 8 heteroatoms. The molecule has 0 aromatic heterocycles. The number of carbonyl (C=O) groups is 2. The number of hydrogen-bond donors (Lipinski definition) is 1. The van der Waals surface area contributed by atoms with Crippen LogP contribution in [0.3, 0.4) is 0 Å². The van der Waals surface area contributed by atoms with Crippen LogP contribution in [0.5, 0.6) is 0 Å². The van der Waals surface area contributed by atoms with Crippen LogP contribution in [0.15, 0.2) is 0 Å². The van der Waals surface area contributed by atoms with Crippen LogP contribution in [0, 0.1) is 56.7 Å². The molecule has 0 bridgehead atoms. The van der Waals surface area contributed by atoms with Gasteiger partial charge in [0.1, 0.15) is 6.61 Å². The first-order valence-electron chi connectivity index (χ1n) is 18.8. The highest BCUT2D eigenvalue weighted by Crippen LogP contribution is 2.89. The van der Waals surface area contributed by atoms with E-state index in [2.05, 4.69) is 34.6 Å². The van der Waals surface area contributed by atoms with Crippen LogP contribution in [0.1, 0.15) is 112 Å². The van der Waals surface area contributed by atoms with Gasteiger partial charge >= 0.3 is 5.97 Å². The highest BCUT2D eigenvalue weighted by molar-refractivity contribution is 5.76. The predicted octanol–water partition coefficient (Wildman–Crippen LogP) is 5.73. The van der Waals surface area contributed by atoms with Crippen LogP contribution in [-0.2, 0) is 28.5 Å². The van der Waals surface area contributed by atoms with Gasteiger partial charge in [-0.05, 0) is 115 Å². The van der Waals surface area contributed by atoms with Gasteiger partial charge in [-0.2, -0.15) is 0 Å². The monoisotopic (exact) mass is 641 g/mol. The highest BCUT2D eigenvalue weighted by atomic mass is 16.7. The normalized spacial score (nSPS) is 52.0. The number of nitrogens with zero attached hydrogens (tertiary/aromatic N) is 1. The van der Waals surface area contributed by atoms with Crippen LogP contribution in [0.25, 0.3) is 0 Å². The van der Waals surface area contributed by atoms with Gasteiger partial charge in [-0.25, -0.2) is 0 Å². The lowest BCUT2D eigenvalue weighted by Gasteiger charge is -2.64. The minimum absolute atomic E-state index is 0.0157. The molecule has 6 saturated carbocycles. The van der Waals surface area contributed by atoms with Gasteiger partial charge in [0.15, 0.2) is 6.29 Å². The Balaban J connectivity index is 0.995. The first-order valence-corrected chi connectivity index (χ1v) is 18.8. The Kier molecular flexibility index (Phi) is 7.40. The number of ether oxygens (including phenoxy) is 4. The number of amides is 1. The van der Waals surface area contributed by atoms with Crippen molar-refractivity contribution in [2.45, 2.75) is 143 Å². The summed E-state index contributed by atoms with van der Waals surface area (Å²) in [6, 6.07) is 0. The molecule has 0 radical (unpaired) electrons. The Hall–Kier alpha value is -1.22. The molecule has 1 amide bonds. The maximum atomic E-state index is 12.9. The molecule has 2 aliphatic heterocycles. The molecule has 6 aliphatic carbocycles. The fourth-order valence-electron chi connectivity index (χ4n) is 13.8. The van der Waals surface area contributed by atoms with Crippen molar-refractivity contribution >= 4 is 11.9 Å². The van der Waals surface area contributed by atoms with Crippen molar-refractivity contribution in [3.8, 4) is 0 Å². The second-order valence-electron chi connectivity index (χ2n) is 18.4. The Morgan fingerprint density at radius 1 is 0.978 bits per heavy atom. The Bertz CT molecular complexity index is 1250. The van der Waals surface area contributed by atoms with Gasteiger partial charge in [0.25, 0.3) is 0 Å². The lowest BCUT2D eigenvalue weighted by atomic mass is 9.41. The van der Waals surface area contributed by atoms with Crippen molar-refractivity contribution in [2.24, 2.45) is 56.7 Å². The number of rotatable bonds is 6. The molecule has 8 fully saturated rings. The summed E-state index contributed by atoms with van der Waals surface area (Å²) in [5.74, 6) is 2.39. The van der Waals surface area contributed by atoms with E-state index < -0.39 is 6.10 Å². The first-order chi connectivity index (χ1) is 21.8. The molecule has 2 heterocycles. The van der Waals surface area contributed by atoms with Crippen molar-refractivity contribution in [1.82, 2.24) is 4.90 Å². The number of aliphatic hydroxyl groups excluding tert-OH is 1. The summed E-state index contributed by atoms with van der Waals surface area (Å²) in [4.78, 5) is 26.4. The molecule has 8 nitrogen and oxygen atoms in total. The predicted molar refractivity (Wildman–Crippen MR) is 171 cm³/mol. The molecular formula is C38H59NO7. The standard InChI is InChI=1S/C38H59NO7/c1-22-17-25(20-44-23(2)40)45-32-31(22)35(5)13-14-38-21-37(38)12-11-28(34(3,4)26(37)9-10-27(38)36(35,6)33(32)42)46-30-19-39(15-16-43-30)29(41)18-24-7-8-24/h22,24-28,30-33,42H,7-21H2,1-6H3/t22-,25-,26+,27+,28+,30+,31+,32+,33+,35-,36-,37-,38+/m1/s1. The van der Waals surface area contributed by atoms with Gasteiger partial charge in [-0.15, -0.1) is 0 Å². The molecule has 1 N–H and O–H groups in total. The quantitative estimate of drug-likeness (QED) is 0.370. The molecule has 0 aromatic rings. The van der Waals surface area contributed by atoms with Gasteiger partial charge in [0.05, 0.1) is 37.6 Å². The second kappa shape index (κ2) is 10.6. The zero-order valence-electron chi connectivity index (χ0n) is 29.2. The number of morpholine rings is 1. The lowest BCUT2D eigenvalue weighted by Crippen LogP contribution is -2.60. The van der Waals surface area contributed by atoms with Crippen molar-refractivity contribution in [1.29, 1.82) is 0 Å². The highest BCUT2D eigenvalue weighted by Gasteiger charge is 2.84. The molecule has 8 rings (SSSR count). The van der Waals surface area contributed by atoms with Crippen molar-refractivity contribution in [2.75, 3.05) is 26.3 Å². The molecule has 8 aliphatic rings. The van der Waals surface area contributed by atoms with Crippen LogP contribution >= 0.6 is 0 Å². The third-order valence-electron chi connectivity index (χ3n) is 16.1. The van der Waals surface area contributed by atoms with E-state index in [0.717, 1.165) is 25.7 Å². The Morgan fingerprint density at radius 3 is 2.46 bits per heavy atom. The molecule has 258 valence electrons. The number of fused-ring (bicyclic) bond motifs is 4. The SMILES string of the molecule is CC(=O)OC[C@H]1C[C@@H](C)[C@H]2[C@H](O1)[C@H](O)[C@@]1(C)[C@@H]3CC[C@H]4C(C)(C)[C@@H](O[C@H]5CN(C(=O)CC6CC6)CCO5)CC[C@@]45C[C@@]35CC[C@]21C. The first kappa shape index (κ1) is 32.0. The summed E-state index contributed by atoms with van der Waals surface area (Å²) >= 11 is 0. The molecular weight excluding hydrogens is 582 g/mol. The second-order valence-corrected chi connectivity index (χ2v) is 18.4. The van der Waals surface area contributed by atoms with E-state index in [9.17, 15) is 14.7 Å². The third kappa shape index (κ3) is 4.37. The largest absolute Gasteiger partial charge is 0.463 e. The summed E-state index contributed by atoms with van der Waals surface area (Å²) < 4.78 is 25.0. The number of esters is 1. The average Bonchev–Trinajstić information content (AvgIpc) is 3.93. The van der Waals surface area contributed by atoms with E-state index in [-0.39, 0.29) is 64.7 Å². The molecule has 46 heavy (non-hydrogen) atoms. The summed E-state index contributed by atoms with van der Waals surface area (Å²) in [7, 11) is 0.